The van der Waals surface area contributed by atoms with E-state index in [0.29, 0.717) is 32.6 Å². The number of aromatic nitrogens is 4. The molecule has 0 amide bonds. The molecule has 0 aliphatic carbocycles. The molecule has 0 spiro atoms. The van der Waals surface area contributed by atoms with Gasteiger partial charge in [0.1, 0.15) is 0 Å². The summed E-state index contributed by atoms with van der Waals surface area (Å²) < 4.78 is 27.3. The van der Waals surface area contributed by atoms with Crippen LogP contribution in [0.3, 0.4) is 0 Å². The highest BCUT2D eigenvalue weighted by molar-refractivity contribution is 7.90. The predicted molar refractivity (Wildman–Crippen MR) is 106 cm³/mol. The van der Waals surface area contributed by atoms with E-state index >= 15 is 0 Å². The van der Waals surface area contributed by atoms with Crippen molar-refractivity contribution in [2.45, 2.75) is 10.6 Å². The van der Waals surface area contributed by atoms with Gasteiger partial charge < -0.3 is 4.98 Å². The van der Waals surface area contributed by atoms with Crippen LogP contribution in [0.25, 0.3) is 17.0 Å². The topological polar surface area (TPSA) is 80.6 Å². The number of hydrogen-bond donors (Lipinski definition) is 1. The minimum Gasteiger partial charge on any atom is -0.322 e. The lowest BCUT2D eigenvalue weighted by molar-refractivity contribution is 0.595. The fourth-order valence-corrected chi connectivity index (χ4v) is 4.92. The minimum atomic E-state index is -3.71. The average Bonchev–Trinajstić information content (AvgIpc) is 3.25. The molecule has 6 nitrogen and oxygen atoms in total. The summed E-state index contributed by atoms with van der Waals surface area (Å²) in [6, 6.07) is 9.45. The Bertz CT molecular complexity index is 1250. The molecular weight excluding hydrogens is 431 g/mol. The fourth-order valence-electron chi connectivity index (χ4n) is 2.67. The maximum absolute atomic E-state index is 12.9. The lowest BCUT2D eigenvalue weighted by Crippen LogP contribution is -2.06. The Hall–Kier alpha value is -2.06. The Labute approximate surface area is 169 Å². The van der Waals surface area contributed by atoms with E-state index in [4.69, 9.17) is 34.8 Å². The monoisotopic (exact) mass is 440 g/mol. The van der Waals surface area contributed by atoms with Crippen molar-refractivity contribution in [2.75, 3.05) is 0 Å². The standard InChI is InChI=1S/C17H11Cl3N4O2S/c18-11-3-2-10(6-12(11)19)9-27(25,26)16-8-15-14(7-13(16)20)22-17(23-15)24-5-1-4-21-24/h1-8H,9H2,(H,22,23). The molecule has 138 valence electrons. The minimum absolute atomic E-state index is 0.0124. The molecule has 2 aromatic heterocycles. The third-order valence-electron chi connectivity index (χ3n) is 3.92. The third-order valence-corrected chi connectivity index (χ3v) is 6.81. The molecule has 2 heterocycles. The number of nitrogens with one attached hydrogen (secondary N) is 1. The highest BCUT2D eigenvalue weighted by atomic mass is 35.5. The zero-order valence-corrected chi connectivity index (χ0v) is 16.6. The highest BCUT2D eigenvalue weighted by Crippen LogP contribution is 2.30. The van der Waals surface area contributed by atoms with E-state index in [0.717, 1.165) is 0 Å². The Morgan fingerprint density at radius 2 is 1.85 bits per heavy atom. The van der Waals surface area contributed by atoms with Gasteiger partial charge in [0, 0.05) is 12.4 Å². The Morgan fingerprint density at radius 3 is 2.56 bits per heavy atom. The highest BCUT2D eigenvalue weighted by Gasteiger charge is 2.21. The molecule has 0 unspecified atom stereocenters. The number of benzene rings is 2. The van der Waals surface area contributed by atoms with E-state index in [1.54, 1.807) is 30.6 Å². The second-order valence-corrected chi connectivity index (χ2v) is 9.00. The van der Waals surface area contributed by atoms with Crippen molar-refractivity contribution in [3.63, 3.8) is 0 Å². The Kier molecular flexibility index (Phi) is 4.63. The molecule has 0 bridgehead atoms. The first-order valence-electron chi connectivity index (χ1n) is 7.69. The van der Waals surface area contributed by atoms with Crippen LogP contribution in [0.15, 0.2) is 53.7 Å². The summed E-state index contributed by atoms with van der Waals surface area (Å²) in [6.07, 6.45) is 3.34. The fraction of sp³-hybridized carbons (Fsp3) is 0.0588. The number of aromatic amines is 1. The van der Waals surface area contributed by atoms with Crippen LogP contribution >= 0.6 is 34.8 Å². The summed E-state index contributed by atoms with van der Waals surface area (Å²) in [5.74, 6) is 0.208. The first-order chi connectivity index (χ1) is 12.8. The number of H-pyrrole nitrogens is 1. The predicted octanol–water partition coefficient (Wildman–Crippen LogP) is 4.68. The van der Waals surface area contributed by atoms with Crippen molar-refractivity contribution in [2.24, 2.45) is 0 Å². The molecule has 1 N–H and O–H groups in total. The molecule has 2 aromatic carbocycles. The summed E-state index contributed by atoms with van der Waals surface area (Å²) >= 11 is 18.1. The van der Waals surface area contributed by atoms with Crippen LogP contribution in [0, 0.1) is 0 Å². The van der Waals surface area contributed by atoms with E-state index in [-0.39, 0.29) is 15.7 Å². The second kappa shape index (κ2) is 6.83. The molecule has 0 aliphatic heterocycles. The van der Waals surface area contributed by atoms with E-state index in [1.165, 1.54) is 22.9 Å². The summed E-state index contributed by atoms with van der Waals surface area (Å²) in [7, 11) is -3.71. The van der Waals surface area contributed by atoms with Crippen molar-refractivity contribution < 1.29 is 8.42 Å². The van der Waals surface area contributed by atoms with Gasteiger partial charge in [-0.05, 0) is 35.9 Å². The van der Waals surface area contributed by atoms with Gasteiger partial charge >= 0.3 is 0 Å². The molecule has 4 rings (SSSR count). The van der Waals surface area contributed by atoms with Gasteiger partial charge in [0.25, 0.3) is 0 Å². The first kappa shape index (κ1) is 18.3. The van der Waals surface area contributed by atoms with Crippen molar-refractivity contribution >= 4 is 55.7 Å². The van der Waals surface area contributed by atoms with Crippen LogP contribution < -0.4 is 0 Å². The van der Waals surface area contributed by atoms with Gasteiger partial charge in [-0.25, -0.2) is 18.1 Å². The van der Waals surface area contributed by atoms with Gasteiger partial charge in [-0.3, -0.25) is 0 Å². The SMILES string of the molecule is O=S(=O)(Cc1ccc(Cl)c(Cl)c1)c1cc2[nH]c(-n3cccn3)nc2cc1Cl. The Balaban J connectivity index is 1.75. The molecule has 0 aliphatic rings. The van der Waals surface area contributed by atoms with Crippen molar-refractivity contribution in [1.82, 2.24) is 19.7 Å². The lowest BCUT2D eigenvalue weighted by atomic mass is 10.2. The van der Waals surface area contributed by atoms with Crippen LogP contribution in [0.2, 0.25) is 15.1 Å². The van der Waals surface area contributed by atoms with Crippen LogP contribution in [0.4, 0.5) is 0 Å². The summed E-state index contributed by atoms with van der Waals surface area (Å²) in [4.78, 5) is 7.44. The van der Waals surface area contributed by atoms with Crippen LogP contribution in [-0.4, -0.2) is 28.2 Å². The van der Waals surface area contributed by atoms with Crippen molar-refractivity contribution in [1.29, 1.82) is 0 Å². The summed E-state index contributed by atoms with van der Waals surface area (Å²) in [5, 5.41) is 4.85. The van der Waals surface area contributed by atoms with E-state index < -0.39 is 9.84 Å². The molecule has 4 aromatic rings. The van der Waals surface area contributed by atoms with Gasteiger partial charge in [0.05, 0.1) is 36.7 Å². The zero-order chi connectivity index (χ0) is 19.2. The number of sulfone groups is 1. The van der Waals surface area contributed by atoms with Crippen LogP contribution in [0.1, 0.15) is 5.56 Å². The molecular formula is C17H11Cl3N4O2S. The summed E-state index contributed by atoms with van der Waals surface area (Å²) in [5.41, 5.74) is 1.60. The third kappa shape index (κ3) is 3.55. The van der Waals surface area contributed by atoms with Crippen LogP contribution in [0.5, 0.6) is 0 Å². The number of imidazole rings is 1. The van der Waals surface area contributed by atoms with Gasteiger partial charge in [0.15, 0.2) is 9.84 Å². The normalized spacial score (nSPS) is 12.0. The van der Waals surface area contributed by atoms with Crippen LogP contribution in [-0.2, 0) is 15.6 Å². The van der Waals surface area contributed by atoms with Crippen molar-refractivity contribution in [3.8, 4) is 5.95 Å². The molecule has 0 saturated heterocycles. The number of fused-ring (bicyclic) bond motifs is 1. The number of rotatable bonds is 4. The number of halogens is 3. The largest absolute Gasteiger partial charge is 0.322 e. The lowest BCUT2D eigenvalue weighted by Gasteiger charge is -2.08. The van der Waals surface area contributed by atoms with E-state index in [2.05, 4.69) is 15.1 Å². The number of nitrogens with zero attached hydrogens (tertiary/aromatic N) is 3. The number of hydrogen-bond acceptors (Lipinski definition) is 4. The van der Waals surface area contributed by atoms with Gasteiger partial charge in [-0.2, -0.15) is 5.10 Å². The second-order valence-electron chi connectivity index (χ2n) is 5.82. The molecule has 0 fully saturated rings. The molecule has 0 radical (unpaired) electrons. The smallest absolute Gasteiger partial charge is 0.229 e. The maximum atomic E-state index is 12.9. The quantitative estimate of drug-likeness (QED) is 0.498. The van der Waals surface area contributed by atoms with Gasteiger partial charge in [-0.15, -0.1) is 0 Å². The molecule has 27 heavy (non-hydrogen) atoms. The van der Waals surface area contributed by atoms with E-state index in [9.17, 15) is 8.42 Å². The summed E-state index contributed by atoms with van der Waals surface area (Å²) in [6.45, 7) is 0. The van der Waals surface area contributed by atoms with Gasteiger partial charge in [-0.1, -0.05) is 40.9 Å². The zero-order valence-electron chi connectivity index (χ0n) is 13.5. The average molecular weight is 442 g/mol. The van der Waals surface area contributed by atoms with Crippen molar-refractivity contribution in [3.05, 3.63) is 69.4 Å². The van der Waals surface area contributed by atoms with Gasteiger partial charge in [0.2, 0.25) is 5.95 Å². The molecule has 0 atom stereocenters. The Morgan fingerprint density at radius 1 is 1.04 bits per heavy atom. The van der Waals surface area contributed by atoms with E-state index in [1.807, 2.05) is 0 Å². The maximum Gasteiger partial charge on any atom is 0.229 e. The molecule has 10 heteroatoms. The first-order valence-corrected chi connectivity index (χ1v) is 10.5. The molecule has 0 saturated carbocycles.